The maximum absolute atomic E-state index is 13.6. The van der Waals surface area contributed by atoms with Crippen molar-refractivity contribution >= 4 is 24.8 Å². The highest BCUT2D eigenvalue weighted by molar-refractivity contribution is 5.85. The average Bonchev–Trinajstić information content (AvgIpc) is 2.88. The summed E-state index contributed by atoms with van der Waals surface area (Å²) in [5.41, 5.74) is 2.29. The molecule has 9 heteroatoms. The number of halogens is 5. The Morgan fingerprint density at radius 2 is 1.29 bits per heavy atom. The standard InChI is InChI=1S/C29H33F3N2O2.2ClH/c1-29(24-7-13-27(32)14-8-24)21-33(16-17-34(29)15-2-19-35)18-20-36-28(22-3-9-25(30)10-4-22)23-5-11-26(31)12-6-23;;/h3-14,28,35H,2,15-21H2,1H3;2*1H. The van der Waals surface area contributed by atoms with Crippen LogP contribution in [0, 0.1) is 17.5 Å². The SMILES string of the molecule is CC1(c2ccc(F)cc2)CN(CCOC(c2ccc(F)cc2)c2ccc(F)cc2)CCN1CCCO.Cl.Cl. The number of aliphatic hydroxyl groups is 1. The Hall–Kier alpha value is -2.13. The Kier molecular flexibility index (Phi) is 12.6. The Morgan fingerprint density at radius 3 is 1.79 bits per heavy atom. The summed E-state index contributed by atoms with van der Waals surface area (Å²) in [4.78, 5) is 4.68. The summed E-state index contributed by atoms with van der Waals surface area (Å²) >= 11 is 0. The van der Waals surface area contributed by atoms with Gasteiger partial charge in [0.1, 0.15) is 23.6 Å². The summed E-state index contributed by atoms with van der Waals surface area (Å²) in [6, 6.07) is 19.0. The molecule has 0 aliphatic carbocycles. The van der Waals surface area contributed by atoms with Gasteiger partial charge < -0.3 is 9.84 Å². The minimum atomic E-state index is -0.444. The van der Waals surface area contributed by atoms with E-state index in [2.05, 4.69) is 16.7 Å². The number of hydrogen-bond donors (Lipinski definition) is 1. The topological polar surface area (TPSA) is 35.9 Å². The normalized spacial score (nSPS) is 18.2. The fraction of sp³-hybridized carbons (Fsp3) is 0.379. The summed E-state index contributed by atoms with van der Waals surface area (Å²) in [7, 11) is 0. The summed E-state index contributed by atoms with van der Waals surface area (Å²) in [5, 5.41) is 9.37. The number of benzene rings is 3. The molecule has 0 spiro atoms. The van der Waals surface area contributed by atoms with E-state index < -0.39 is 6.10 Å². The summed E-state index contributed by atoms with van der Waals surface area (Å²) in [5.74, 6) is -0.913. The molecular weight excluding hydrogens is 536 g/mol. The first-order valence-electron chi connectivity index (χ1n) is 12.4. The molecule has 3 aromatic carbocycles. The van der Waals surface area contributed by atoms with E-state index in [1.54, 1.807) is 24.3 Å². The Bertz CT molecular complexity index is 1060. The number of rotatable bonds is 10. The first-order chi connectivity index (χ1) is 17.4. The number of piperazine rings is 1. The van der Waals surface area contributed by atoms with Crippen LogP contribution in [0.3, 0.4) is 0 Å². The second-order valence-corrected chi connectivity index (χ2v) is 9.48. The third-order valence-corrected chi connectivity index (χ3v) is 7.01. The molecule has 0 saturated carbocycles. The van der Waals surface area contributed by atoms with Crippen molar-refractivity contribution < 1.29 is 23.0 Å². The number of ether oxygens (including phenoxy) is 1. The molecule has 4 nitrogen and oxygen atoms in total. The van der Waals surface area contributed by atoms with Crippen molar-refractivity contribution in [2.75, 3.05) is 45.9 Å². The van der Waals surface area contributed by atoms with Gasteiger partial charge in [-0.2, -0.15) is 0 Å². The summed E-state index contributed by atoms with van der Waals surface area (Å²) < 4.78 is 46.9. The highest BCUT2D eigenvalue weighted by atomic mass is 35.5. The first-order valence-corrected chi connectivity index (χ1v) is 12.4. The molecule has 1 aliphatic rings. The molecule has 1 atom stereocenters. The van der Waals surface area contributed by atoms with Crippen LogP contribution in [0.1, 0.15) is 36.1 Å². The second kappa shape index (κ2) is 14.9. The molecule has 38 heavy (non-hydrogen) atoms. The van der Waals surface area contributed by atoms with Crippen LogP contribution in [-0.2, 0) is 10.3 Å². The first kappa shape index (κ1) is 32.1. The molecule has 0 bridgehead atoms. The van der Waals surface area contributed by atoms with Gasteiger partial charge in [-0.05, 0) is 66.4 Å². The lowest BCUT2D eigenvalue weighted by Crippen LogP contribution is -2.59. The lowest BCUT2D eigenvalue weighted by molar-refractivity contribution is -0.0160. The predicted octanol–water partition coefficient (Wildman–Crippen LogP) is 5.97. The highest BCUT2D eigenvalue weighted by Crippen LogP contribution is 2.33. The lowest BCUT2D eigenvalue weighted by Gasteiger charge is -2.49. The average molecular weight is 572 g/mol. The number of nitrogens with zero attached hydrogens (tertiary/aromatic N) is 2. The van der Waals surface area contributed by atoms with Gasteiger partial charge in [0.05, 0.1) is 12.1 Å². The molecule has 1 heterocycles. The maximum atomic E-state index is 13.6. The molecule has 0 radical (unpaired) electrons. The van der Waals surface area contributed by atoms with Crippen LogP contribution >= 0.6 is 24.8 Å². The number of aliphatic hydroxyl groups excluding tert-OH is 1. The molecular formula is C29H35Cl2F3N2O2. The highest BCUT2D eigenvalue weighted by Gasteiger charge is 2.38. The fourth-order valence-electron chi connectivity index (χ4n) is 4.98. The third kappa shape index (κ3) is 7.94. The van der Waals surface area contributed by atoms with E-state index in [0.29, 0.717) is 19.6 Å². The van der Waals surface area contributed by atoms with Gasteiger partial charge in [-0.1, -0.05) is 36.4 Å². The van der Waals surface area contributed by atoms with Gasteiger partial charge >= 0.3 is 0 Å². The van der Waals surface area contributed by atoms with E-state index in [9.17, 15) is 18.3 Å². The molecule has 208 valence electrons. The third-order valence-electron chi connectivity index (χ3n) is 7.01. The van der Waals surface area contributed by atoms with Crippen molar-refractivity contribution in [3.8, 4) is 0 Å². The van der Waals surface area contributed by atoms with Gasteiger partial charge in [-0.25, -0.2) is 13.2 Å². The zero-order chi connectivity index (χ0) is 25.5. The van der Waals surface area contributed by atoms with Crippen LogP contribution in [0.25, 0.3) is 0 Å². The summed E-state index contributed by atoms with van der Waals surface area (Å²) in [6.45, 7) is 6.51. The smallest absolute Gasteiger partial charge is 0.123 e. The Balaban J connectivity index is 0.00000253. The van der Waals surface area contributed by atoms with E-state index in [-0.39, 0.29) is 54.4 Å². The minimum Gasteiger partial charge on any atom is -0.396 e. The maximum Gasteiger partial charge on any atom is 0.123 e. The molecule has 1 unspecified atom stereocenters. The van der Waals surface area contributed by atoms with Crippen LogP contribution in [-0.4, -0.2) is 60.8 Å². The second-order valence-electron chi connectivity index (χ2n) is 9.48. The van der Waals surface area contributed by atoms with Gasteiger partial charge in [0.25, 0.3) is 0 Å². The van der Waals surface area contributed by atoms with Gasteiger partial charge in [-0.15, -0.1) is 24.8 Å². The lowest BCUT2D eigenvalue weighted by atomic mass is 9.87. The molecule has 1 fully saturated rings. The van der Waals surface area contributed by atoms with Crippen molar-refractivity contribution in [2.45, 2.75) is 25.0 Å². The summed E-state index contributed by atoms with van der Waals surface area (Å²) in [6.07, 6.45) is 0.234. The van der Waals surface area contributed by atoms with E-state index in [0.717, 1.165) is 42.9 Å². The number of hydrogen-bond acceptors (Lipinski definition) is 4. The minimum absolute atomic E-state index is 0. The van der Waals surface area contributed by atoms with E-state index in [1.807, 2.05) is 12.1 Å². The van der Waals surface area contributed by atoms with Crippen molar-refractivity contribution in [2.24, 2.45) is 0 Å². The van der Waals surface area contributed by atoms with E-state index in [4.69, 9.17) is 4.74 Å². The molecule has 0 amide bonds. The zero-order valence-corrected chi connectivity index (χ0v) is 23.0. The largest absolute Gasteiger partial charge is 0.396 e. The Morgan fingerprint density at radius 1 is 0.789 bits per heavy atom. The van der Waals surface area contributed by atoms with Crippen molar-refractivity contribution in [1.29, 1.82) is 0 Å². The van der Waals surface area contributed by atoms with E-state index >= 15 is 0 Å². The van der Waals surface area contributed by atoms with Gasteiger partial charge in [0.2, 0.25) is 0 Å². The van der Waals surface area contributed by atoms with Crippen LogP contribution in [0.2, 0.25) is 0 Å². The van der Waals surface area contributed by atoms with Gasteiger partial charge in [-0.3, -0.25) is 9.80 Å². The molecule has 4 rings (SSSR count). The van der Waals surface area contributed by atoms with Crippen molar-refractivity contribution in [3.05, 3.63) is 107 Å². The van der Waals surface area contributed by atoms with Crippen molar-refractivity contribution in [3.63, 3.8) is 0 Å². The molecule has 1 aliphatic heterocycles. The van der Waals surface area contributed by atoms with E-state index in [1.165, 1.54) is 36.4 Å². The monoisotopic (exact) mass is 570 g/mol. The van der Waals surface area contributed by atoms with Gasteiger partial charge in [0, 0.05) is 39.3 Å². The van der Waals surface area contributed by atoms with Crippen LogP contribution in [0.15, 0.2) is 72.8 Å². The molecule has 1 saturated heterocycles. The Labute approximate surface area is 235 Å². The predicted molar refractivity (Wildman–Crippen MR) is 149 cm³/mol. The molecule has 0 aromatic heterocycles. The van der Waals surface area contributed by atoms with Crippen molar-refractivity contribution in [1.82, 2.24) is 9.80 Å². The van der Waals surface area contributed by atoms with Crippen LogP contribution < -0.4 is 0 Å². The quantitative estimate of drug-likeness (QED) is 0.326. The van der Waals surface area contributed by atoms with Crippen LogP contribution in [0.4, 0.5) is 13.2 Å². The zero-order valence-electron chi connectivity index (χ0n) is 21.4. The van der Waals surface area contributed by atoms with Crippen LogP contribution in [0.5, 0.6) is 0 Å². The molecule has 3 aromatic rings. The van der Waals surface area contributed by atoms with Gasteiger partial charge in [0.15, 0.2) is 0 Å². The molecule has 1 N–H and O–H groups in total. The fourth-order valence-corrected chi connectivity index (χ4v) is 4.98.